The molecule has 0 aliphatic carbocycles. The summed E-state index contributed by atoms with van der Waals surface area (Å²) in [4.78, 5) is 11.6. The summed E-state index contributed by atoms with van der Waals surface area (Å²) in [6.45, 7) is 5.99. The van der Waals surface area contributed by atoms with Gasteiger partial charge in [0, 0.05) is 10.6 Å². The van der Waals surface area contributed by atoms with Gasteiger partial charge in [-0.1, -0.05) is 67.0 Å². The lowest BCUT2D eigenvalue weighted by molar-refractivity contribution is -0.117. The minimum Gasteiger partial charge on any atom is -0.369 e. The lowest BCUT2D eigenvalue weighted by Crippen LogP contribution is -2.23. The average Bonchev–Trinajstić information content (AvgIpc) is 3.04. The van der Waals surface area contributed by atoms with Crippen LogP contribution in [0.15, 0.2) is 47.6 Å². The Hall–Kier alpha value is -2.02. The monoisotopic (exact) mass is 434 g/mol. The maximum absolute atomic E-state index is 11.6. The molecule has 146 valence electrons. The van der Waals surface area contributed by atoms with E-state index < -0.39 is 11.2 Å². The highest BCUT2D eigenvalue weighted by molar-refractivity contribution is 8.00. The topological polar surface area (TPSA) is 73.8 Å². The van der Waals surface area contributed by atoms with Crippen molar-refractivity contribution in [3.05, 3.63) is 58.1 Å². The number of benzene rings is 2. The molecular weight excluding hydrogens is 415 g/mol. The predicted molar refractivity (Wildman–Crippen MR) is 115 cm³/mol. The third kappa shape index (κ3) is 4.19. The number of amides is 1. The van der Waals surface area contributed by atoms with Crippen molar-refractivity contribution in [3.63, 3.8) is 0 Å². The number of rotatable bonds is 6. The number of primary amides is 1. The first-order chi connectivity index (χ1) is 13.3. The molecule has 0 aliphatic heterocycles. The number of aromatic nitrogens is 3. The molecule has 2 aromatic carbocycles. The van der Waals surface area contributed by atoms with E-state index in [1.165, 1.54) is 11.8 Å². The van der Waals surface area contributed by atoms with Crippen molar-refractivity contribution < 1.29 is 4.79 Å². The first-order valence-electron chi connectivity index (χ1n) is 8.75. The van der Waals surface area contributed by atoms with Crippen LogP contribution in [0.1, 0.15) is 32.3 Å². The largest absolute Gasteiger partial charge is 0.369 e. The predicted octanol–water partition coefficient (Wildman–Crippen LogP) is 5.33. The molecule has 28 heavy (non-hydrogen) atoms. The second-order valence-corrected chi connectivity index (χ2v) is 8.79. The highest BCUT2D eigenvalue weighted by Gasteiger charge is 2.23. The molecule has 0 bridgehead atoms. The number of halogens is 2. The van der Waals surface area contributed by atoms with Crippen molar-refractivity contribution in [2.45, 2.75) is 37.1 Å². The number of hydrogen-bond donors (Lipinski definition) is 1. The molecule has 3 aromatic rings. The van der Waals surface area contributed by atoms with Crippen molar-refractivity contribution in [1.29, 1.82) is 0 Å². The summed E-state index contributed by atoms with van der Waals surface area (Å²) in [6, 6.07) is 13.3. The van der Waals surface area contributed by atoms with E-state index in [0.29, 0.717) is 26.6 Å². The van der Waals surface area contributed by atoms with Crippen LogP contribution in [0.2, 0.25) is 10.0 Å². The van der Waals surface area contributed by atoms with Crippen molar-refractivity contribution in [2.24, 2.45) is 5.73 Å². The van der Waals surface area contributed by atoms with Crippen LogP contribution in [0.25, 0.3) is 17.1 Å². The molecular formula is C20H20Cl2N4OS. The zero-order valence-corrected chi connectivity index (χ0v) is 18.0. The highest BCUT2D eigenvalue weighted by atomic mass is 35.5. The second kappa shape index (κ2) is 8.55. The van der Waals surface area contributed by atoms with Gasteiger partial charge in [-0.3, -0.25) is 9.36 Å². The van der Waals surface area contributed by atoms with Gasteiger partial charge in [0.1, 0.15) is 0 Å². The molecule has 0 aliphatic rings. The number of nitrogens with two attached hydrogens (primary N) is 1. The SMILES string of the molecule is CC(Sc1nnc(-c2ccc(Cl)cc2Cl)n1-c1ccccc1C(C)C)C(N)=O. The van der Waals surface area contributed by atoms with E-state index in [-0.39, 0.29) is 5.92 Å². The van der Waals surface area contributed by atoms with Gasteiger partial charge in [0.15, 0.2) is 11.0 Å². The van der Waals surface area contributed by atoms with Crippen molar-refractivity contribution in [2.75, 3.05) is 0 Å². The van der Waals surface area contributed by atoms with Crippen molar-refractivity contribution >= 4 is 40.9 Å². The van der Waals surface area contributed by atoms with Gasteiger partial charge in [-0.2, -0.15) is 0 Å². The lowest BCUT2D eigenvalue weighted by atomic mass is 10.0. The van der Waals surface area contributed by atoms with Crippen LogP contribution >= 0.6 is 35.0 Å². The summed E-state index contributed by atoms with van der Waals surface area (Å²) in [7, 11) is 0. The fourth-order valence-corrected chi connectivity index (χ4v) is 4.11. The Morgan fingerprint density at radius 2 is 1.82 bits per heavy atom. The Morgan fingerprint density at radius 3 is 2.46 bits per heavy atom. The van der Waals surface area contributed by atoms with Gasteiger partial charge in [0.2, 0.25) is 5.91 Å². The molecule has 1 heterocycles. The van der Waals surface area contributed by atoms with Gasteiger partial charge in [-0.25, -0.2) is 0 Å². The lowest BCUT2D eigenvalue weighted by Gasteiger charge is -2.18. The molecule has 1 amide bonds. The Morgan fingerprint density at radius 1 is 1.11 bits per heavy atom. The van der Waals surface area contributed by atoms with Crippen LogP contribution in [0, 0.1) is 0 Å². The third-order valence-corrected chi connectivity index (χ3v) is 5.90. The fourth-order valence-electron chi connectivity index (χ4n) is 2.80. The summed E-state index contributed by atoms with van der Waals surface area (Å²) in [6.07, 6.45) is 0. The van der Waals surface area contributed by atoms with Crippen LogP contribution in [0.5, 0.6) is 0 Å². The minimum atomic E-state index is -0.456. The number of hydrogen-bond acceptors (Lipinski definition) is 4. The highest BCUT2D eigenvalue weighted by Crippen LogP contribution is 2.36. The van der Waals surface area contributed by atoms with E-state index in [4.69, 9.17) is 28.9 Å². The standard InChI is InChI=1S/C20H20Cl2N4OS/c1-11(2)14-6-4-5-7-17(14)26-19(15-9-8-13(21)10-16(15)22)24-25-20(26)28-12(3)18(23)27/h4-12H,1-3H3,(H2,23,27). The van der Waals surface area contributed by atoms with E-state index >= 15 is 0 Å². The molecule has 0 spiro atoms. The number of carbonyl (C=O) groups is 1. The Labute approximate surface area is 178 Å². The first kappa shape index (κ1) is 20.7. The van der Waals surface area contributed by atoms with Gasteiger partial charge in [0.25, 0.3) is 0 Å². The zero-order chi connectivity index (χ0) is 20.4. The van der Waals surface area contributed by atoms with Crippen molar-refractivity contribution in [1.82, 2.24) is 14.8 Å². The number of para-hydroxylation sites is 1. The summed E-state index contributed by atoms with van der Waals surface area (Å²) in [5.74, 6) is 0.440. The van der Waals surface area contributed by atoms with E-state index in [9.17, 15) is 4.79 Å². The Balaban J connectivity index is 2.25. The molecule has 0 saturated heterocycles. The van der Waals surface area contributed by atoms with Crippen LogP contribution in [-0.4, -0.2) is 25.9 Å². The molecule has 1 unspecified atom stereocenters. The summed E-state index contributed by atoms with van der Waals surface area (Å²) < 4.78 is 1.93. The van der Waals surface area contributed by atoms with Crippen LogP contribution in [0.3, 0.4) is 0 Å². The van der Waals surface area contributed by atoms with Gasteiger partial charge >= 0.3 is 0 Å². The maximum atomic E-state index is 11.6. The fraction of sp³-hybridized carbons (Fsp3) is 0.250. The molecule has 0 fully saturated rings. The quantitative estimate of drug-likeness (QED) is 0.531. The van der Waals surface area contributed by atoms with Gasteiger partial charge in [0.05, 0.1) is 16.0 Å². The third-order valence-electron chi connectivity index (χ3n) is 4.29. The zero-order valence-electron chi connectivity index (χ0n) is 15.7. The number of thioether (sulfide) groups is 1. The maximum Gasteiger partial charge on any atom is 0.230 e. The molecule has 8 heteroatoms. The van der Waals surface area contributed by atoms with Crippen LogP contribution in [0.4, 0.5) is 0 Å². The van der Waals surface area contributed by atoms with Crippen molar-refractivity contribution in [3.8, 4) is 17.1 Å². The molecule has 3 rings (SSSR count). The second-order valence-electron chi connectivity index (χ2n) is 6.64. The van der Waals surface area contributed by atoms with E-state index in [1.807, 2.05) is 28.8 Å². The van der Waals surface area contributed by atoms with E-state index in [0.717, 1.165) is 11.3 Å². The molecule has 5 nitrogen and oxygen atoms in total. The number of carbonyl (C=O) groups excluding carboxylic acids is 1. The minimum absolute atomic E-state index is 0.276. The first-order valence-corrected chi connectivity index (χ1v) is 10.4. The number of nitrogens with zero attached hydrogens (tertiary/aromatic N) is 3. The Kier molecular flexibility index (Phi) is 6.33. The Bertz CT molecular complexity index is 1020. The molecule has 1 atom stereocenters. The summed E-state index contributed by atoms with van der Waals surface area (Å²) >= 11 is 13.8. The summed E-state index contributed by atoms with van der Waals surface area (Å²) in [5, 5.41) is 9.84. The van der Waals surface area contributed by atoms with E-state index in [2.05, 4.69) is 30.1 Å². The average molecular weight is 435 g/mol. The van der Waals surface area contributed by atoms with E-state index in [1.54, 1.807) is 19.1 Å². The molecule has 2 N–H and O–H groups in total. The summed E-state index contributed by atoms with van der Waals surface area (Å²) in [5.41, 5.74) is 8.22. The van der Waals surface area contributed by atoms with Gasteiger partial charge in [-0.15, -0.1) is 10.2 Å². The van der Waals surface area contributed by atoms with Gasteiger partial charge in [-0.05, 0) is 42.7 Å². The smallest absolute Gasteiger partial charge is 0.230 e. The molecule has 1 aromatic heterocycles. The van der Waals surface area contributed by atoms with Crippen LogP contribution in [-0.2, 0) is 4.79 Å². The molecule has 0 radical (unpaired) electrons. The van der Waals surface area contributed by atoms with Crippen LogP contribution < -0.4 is 5.73 Å². The normalized spacial score (nSPS) is 12.4. The molecule has 0 saturated carbocycles. The van der Waals surface area contributed by atoms with Gasteiger partial charge < -0.3 is 5.73 Å².